The van der Waals surface area contributed by atoms with Gasteiger partial charge in [0.25, 0.3) is 0 Å². The lowest BCUT2D eigenvalue weighted by Crippen LogP contribution is -2.87. The van der Waals surface area contributed by atoms with E-state index in [1.54, 1.807) is 14.0 Å². The SMILES string of the molecule is C[NH2+]C(=O)C(C)NC=O. The maximum absolute atomic E-state index is 10.6. The van der Waals surface area contributed by atoms with Gasteiger partial charge >= 0.3 is 5.91 Å². The molecule has 0 radical (unpaired) electrons. The number of quaternary nitrogens is 1. The zero-order valence-corrected chi connectivity index (χ0v) is 5.55. The molecule has 0 aliphatic rings. The van der Waals surface area contributed by atoms with Crippen molar-refractivity contribution in [2.75, 3.05) is 7.05 Å². The molecule has 9 heavy (non-hydrogen) atoms. The third kappa shape index (κ3) is 2.81. The zero-order chi connectivity index (χ0) is 7.28. The minimum Gasteiger partial charge on any atom is -0.344 e. The average Bonchev–Trinajstić information content (AvgIpc) is 1.87. The third-order valence-corrected chi connectivity index (χ3v) is 1.03. The molecule has 0 heterocycles. The summed E-state index contributed by atoms with van der Waals surface area (Å²) in [5.74, 6) is -0.0675. The molecule has 0 spiro atoms. The summed E-state index contributed by atoms with van der Waals surface area (Å²) >= 11 is 0. The fourth-order valence-electron chi connectivity index (χ4n) is 0.434. The molecular formula is C5H11N2O2+. The highest BCUT2D eigenvalue weighted by Gasteiger charge is 2.11. The minimum absolute atomic E-state index is 0.0675. The third-order valence-electron chi connectivity index (χ3n) is 1.03. The Balaban J connectivity index is 3.58. The van der Waals surface area contributed by atoms with Crippen LogP contribution in [-0.4, -0.2) is 25.4 Å². The molecule has 1 atom stereocenters. The lowest BCUT2D eigenvalue weighted by Gasteiger charge is -2.01. The number of hydrogen-bond donors (Lipinski definition) is 2. The maximum atomic E-state index is 10.6. The van der Waals surface area contributed by atoms with Crippen molar-refractivity contribution < 1.29 is 14.9 Å². The van der Waals surface area contributed by atoms with Crippen LogP contribution >= 0.6 is 0 Å². The number of primary amides is 1. The summed E-state index contributed by atoms with van der Waals surface area (Å²) < 4.78 is 0. The molecule has 0 saturated heterocycles. The number of rotatable bonds is 3. The molecule has 4 nitrogen and oxygen atoms in total. The number of nitrogens with one attached hydrogen (secondary N) is 1. The molecule has 1 unspecified atom stereocenters. The summed E-state index contributed by atoms with van der Waals surface area (Å²) in [5.41, 5.74) is 0. The van der Waals surface area contributed by atoms with E-state index in [0.29, 0.717) is 6.41 Å². The Morgan fingerprint density at radius 1 is 1.78 bits per heavy atom. The van der Waals surface area contributed by atoms with Crippen LogP contribution in [0.4, 0.5) is 0 Å². The molecule has 0 fully saturated rings. The van der Waals surface area contributed by atoms with Crippen molar-refractivity contribution in [2.24, 2.45) is 0 Å². The number of carbonyl (C=O) groups is 2. The van der Waals surface area contributed by atoms with Crippen LogP contribution in [0.5, 0.6) is 0 Å². The molecular weight excluding hydrogens is 120 g/mol. The summed E-state index contributed by atoms with van der Waals surface area (Å²) in [6, 6.07) is -0.382. The van der Waals surface area contributed by atoms with E-state index in [9.17, 15) is 9.59 Å². The topological polar surface area (TPSA) is 62.8 Å². The van der Waals surface area contributed by atoms with Gasteiger partial charge in [0.2, 0.25) is 6.41 Å². The molecule has 0 rings (SSSR count). The minimum atomic E-state index is -0.382. The molecule has 0 saturated carbocycles. The van der Waals surface area contributed by atoms with Gasteiger partial charge in [-0.05, 0) is 6.92 Å². The van der Waals surface area contributed by atoms with Crippen LogP contribution in [0.1, 0.15) is 6.92 Å². The summed E-state index contributed by atoms with van der Waals surface area (Å²) in [6.07, 6.45) is 0.520. The second-order valence-electron chi connectivity index (χ2n) is 1.70. The van der Waals surface area contributed by atoms with Gasteiger partial charge in [-0.15, -0.1) is 0 Å². The normalized spacial score (nSPS) is 12.2. The van der Waals surface area contributed by atoms with Gasteiger partial charge in [-0.1, -0.05) is 0 Å². The van der Waals surface area contributed by atoms with E-state index in [1.165, 1.54) is 5.32 Å². The summed E-state index contributed by atoms with van der Waals surface area (Å²) in [5, 5.41) is 3.77. The second-order valence-corrected chi connectivity index (χ2v) is 1.70. The van der Waals surface area contributed by atoms with Crippen LogP contribution in [0.25, 0.3) is 0 Å². The van der Waals surface area contributed by atoms with Crippen molar-refractivity contribution in [3.63, 3.8) is 0 Å². The Labute approximate surface area is 53.6 Å². The van der Waals surface area contributed by atoms with Crippen LogP contribution in [0.2, 0.25) is 0 Å². The number of likely N-dealkylation sites (N-methyl/N-ethyl adjacent to an activating group) is 1. The van der Waals surface area contributed by atoms with Gasteiger partial charge < -0.3 is 5.32 Å². The molecule has 4 heteroatoms. The first kappa shape index (κ1) is 8.10. The number of amides is 2. The molecule has 52 valence electrons. The van der Waals surface area contributed by atoms with E-state index in [-0.39, 0.29) is 11.9 Å². The molecule has 0 aromatic heterocycles. The molecule has 3 N–H and O–H groups in total. The van der Waals surface area contributed by atoms with Gasteiger partial charge in [-0.2, -0.15) is 0 Å². The van der Waals surface area contributed by atoms with Gasteiger partial charge in [-0.3, -0.25) is 10.1 Å². The van der Waals surface area contributed by atoms with E-state index < -0.39 is 0 Å². The van der Waals surface area contributed by atoms with E-state index in [1.807, 2.05) is 0 Å². The van der Waals surface area contributed by atoms with Crippen LogP contribution in [0.15, 0.2) is 0 Å². The van der Waals surface area contributed by atoms with Crippen molar-refractivity contribution in [3.05, 3.63) is 0 Å². The van der Waals surface area contributed by atoms with E-state index >= 15 is 0 Å². The lowest BCUT2D eigenvalue weighted by molar-refractivity contribution is -0.540. The first-order valence-corrected chi connectivity index (χ1v) is 2.75. The van der Waals surface area contributed by atoms with E-state index in [2.05, 4.69) is 5.32 Å². The second kappa shape index (κ2) is 4.03. The van der Waals surface area contributed by atoms with Crippen LogP contribution < -0.4 is 10.6 Å². The largest absolute Gasteiger partial charge is 0.344 e. The molecule has 0 aliphatic heterocycles. The molecule has 2 amide bonds. The predicted octanol–water partition coefficient (Wildman–Crippen LogP) is -2.16. The predicted molar refractivity (Wildman–Crippen MR) is 31.5 cm³/mol. The average molecular weight is 131 g/mol. The number of hydrogen-bond acceptors (Lipinski definition) is 2. The fraction of sp³-hybridized carbons (Fsp3) is 0.600. The number of carbonyl (C=O) groups excluding carboxylic acids is 2. The quantitative estimate of drug-likeness (QED) is 0.428. The van der Waals surface area contributed by atoms with Gasteiger partial charge in [0.05, 0.1) is 7.05 Å². The van der Waals surface area contributed by atoms with Gasteiger partial charge in [0.15, 0.2) is 0 Å². The van der Waals surface area contributed by atoms with Crippen molar-refractivity contribution in [1.82, 2.24) is 5.32 Å². The van der Waals surface area contributed by atoms with Gasteiger partial charge in [0, 0.05) is 0 Å². The highest BCUT2D eigenvalue weighted by molar-refractivity contribution is 5.74. The number of nitrogens with two attached hydrogens (primary N) is 1. The molecule has 0 aliphatic carbocycles. The fourth-order valence-corrected chi connectivity index (χ4v) is 0.434. The molecule has 0 aromatic carbocycles. The van der Waals surface area contributed by atoms with Gasteiger partial charge in [-0.25, -0.2) is 4.79 Å². The highest BCUT2D eigenvalue weighted by Crippen LogP contribution is 1.71. The van der Waals surface area contributed by atoms with E-state index in [0.717, 1.165) is 0 Å². The highest BCUT2D eigenvalue weighted by atomic mass is 16.2. The Morgan fingerprint density at radius 3 is 2.67 bits per heavy atom. The van der Waals surface area contributed by atoms with Crippen LogP contribution in [0.3, 0.4) is 0 Å². The Bertz CT molecular complexity index is 114. The van der Waals surface area contributed by atoms with Crippen molar-refractivity contribution in [3.8, 4) is 0 Å². The Hall–Kier alpha value is -0.900. The van der Waals surface area contributed by atoms with E-state index in [4.69, 9.17) is 0 Å². The van der Waals surface area contributed by atoms with Gasteiger partial charge in [0.1, 0.15) is 6.04 Å². The van der Waals surface area contributed by atoms with Crippen LogP contribution in [-0.2, 0) is 9.59 Å². The zero-order valence-electron chi connectivity index (χ0n) is 5.55. The van der Waals surface area contributed by atoms with Crippen LogP contribution in [0, 0.1) is 0 Å². The molecule has 0 bridgehead atoms. The Morgan fingerprint density at radius 2 is 2.33 bits per heavy atom. The standard InChI is InChI=1S/C5H10N2O2/c1-4(7-3-8)5(9)6-2/h3-4H,1-2H3,(H,6,9)(H,7,8)/p+1. The van der Waals surface area contributed by atoms with Crippen molar-refractivity contribution in [2.45, 2.75) is 13.0 Å². The van der Waals surface area contributed by atoms with Crippen molar-refractivity contribution in [1.29, 1.82) is 0 Å². The summed E-state index contributed by atoms with van der Waals surface area (Å²) in [7, 11) is 1.64. The maximum Gasteiger partial charge on any atom is 0.332 e. The monoisotopic (exact) mass is 131 g/mol. The smallest absolute Gasteiger partial charge is 0.332 e. The van der Waals surface area contributed by atoms with Crippen molar-refractivity contribution >= 4 is 12.3 Å². The first-order chi connectivity index (χ1) is 4.22. The summed E-state index contributed by atoms with van der Waals surface area (Å²) in [6.45, 7) is 1.64. The molecule has 0 aromatic rings. The first-order valence-electron chi connectivity index (χ1n) is 2.75. The lowest BCUT2D eigenvalue weighted by atomic mass is 10.3. The summed E-state index contributed by atoms with van der Waals surface area (Å²) in [4.78, 5) is 20.4. The Kier molecular flexibility index (Phi) is 3.62.